The van der Waals surface area contributed by atoms with Gasteiger partial charge in [0, 0.05) is 24.3 Å². The summed E-state index contributed by atoms with van der Waals surface area (Å²) < 4.78 is 40.0. The van der Waals surface area contributed by atoms with Gasteiger partial charge in [0.15, 0.2) is 11.6 Å². The maximum Gasteiger partial charge on any atom is 0.253 e. The largest absolute Gasteiger partial charge is 0.339 e. The van der Waals surface area contributed by atoms with E-state index in [0.29, 0.717) is 30.0 Å². The zero-order valence-corrected chi connectivity index (χ0v) is 19.3. The van der Waals surface area contributed by atoms with Crippen LogP contribution in [0.25, 0.3) is 0 Å². The molecule has 33 heavy (non-hydrogen) atoms. The van der Waals surface area contributed by atoms with Crippen LogP contribution in [0.2, 0.25) is 0 Å². The molecule has 2 aromatic carbocycles. The number of halogens is 1. The first kappa shape index (κ1) is 23.9. The molecular weight excluding hydrogens is 447 g/mol. The van der Waals surface area contributed by atoms with Gasteiger partial charge < -0.3 is 15.5 Å². The third-order valence-electron chi connectivity index (χ3n) is 4.64. The summed E-state index contributed by atoms with van der Waals surface area (Å²) in [4.78, 5) is 22.4. The molecule has 0 saturated carbocycles. The third-order valence-corrected chi connectivity index (χ3v) is 5.23. The molecule has 0 saturated heterocycles. The second-order valence-corrected chi connectivity index (χ2v) is 8.87. The summed E-state index contributed by atoms with van der Waals surface area (Å²) in [7, 11) is -3.53. The van der Waals surface area contributed by atoms with Crippen LogP contribution in [0.15, 0.2) is 54.7 Å². The number of para-hydroxylation sites is 2. The van der Waals surface area contributed by atoms with E-state index in [0.717, 1.165) is 12.5 Å². The highest BCUT2D eigenvalue weighted by molar-refractivity contribution is 7.92. The van der Waals surface area contributed by atoms with Gasteiger partial charge in [-0.15, -0.1) is 0 Å². The van der Waals surface area contributed by atoms with Crippen molar-refractivity contribution < 1.29 is 17.6 Å². The van der Waals surface area contributed by atoms with Crippen LogP contribution in [0.5, 0.6) is 0 Å². The monoisotopic (exact) mass is 472 g/mol. The van der Waals surface area contributed by atoms with Crippen LogP contribution in [0.1, 0.15) is 24.2 Å². The van der Waals surface area contributed by atoms with E-state index in [1.165, 1.54) is 0 Å². The average molecular weight is 473 g/mol. The summed E-state index contributed by atoms with van der Waals surface area (Å²) in [5, 5.41) is 5.76. The molecular formula is C22H25FN6O3S. The molecule has 0 aliphatic rings. The van der Waals surface area contributed by atoms with Crippen LogP contribution in [0.3, 0.4) is 0 Å². The van der Waals surface area contributed by atoms with Crippen molar-refractivity contribution >= 4 is 44.8 Å². The van der Waals surface area contributed by atoms with E-state index in [4.69, 9.17) is 0 Å². The van der Waals surface area contributed by atoms with Crippen molar-refractivity contribution in [2.45, 2.75) is 13.8 Å². The molecule has 9 nitrogen and oxygen atoms in total. The third kappa shape index (κ3) is 6.39. The van der Waals surface area contributed by atoms with Crippen LogP contribution >= 0.6 is 0 Å². The molecule has 1 aromatic heterocycles. The Bertz CT molecular complexity index is 1250. The Hall–Kier alpha value is -3.73. The van der Waals surface area contributed by atoms with E-state index in [2.05, 4.69) is 25.3 Å². The Morgan fingerprint density at radius 3 is 2.39 bits per heavy atom. The number of hydrogen-bond donors (Lipinski definition) is 3. The molecule has 3 rings (SSSR count). The maximum atomic E-state index is 14.4. The number of amides is 1. The Labute approximate surface area is 192 Å². The number of rotatable bonds is 9. The highest BCUT2D eigenvalue weighted by atomic mass is 32.2. The molecule has 11 heteroatoms. The first-order chi connectivity index (χ1) is 15.7. The van der Waals surface area contributed by atoms with E-state index in [1.54, 1.807) is 53.4 Å². The van der Waals surface area contributed by atoms with Crippen molar-refractivity contribution in [3.63, 3.8) is 0 Å². The number of aromatic nitrogens is 2. The fourth-order valence-electron chi connectivity index (χ4n) is 3.08. The summed E-state index contributed by atoms with van der Waals surface area (Å²) in [6.07, 6.45) is 2.02. The molecule has 3 aromatic rings. The molecule has 0 radical (unpaired) electrons. The SMILES string of the molecule is CCN(CC)C(=O)c1cccc(Nc2ncc(F)c(Nc3ccccc3NS(C)(=O)=O)n2)c1. The quantitative estimate of drug-likeness (QED) is 0.432. The predicted molar refractivity (Wildman–Crippen MR) is 127 cm³/mol. The van der Waals surface area contributed by atoms with Crippen molar-refractivity contribution in [2.75, 3.05) is 34.7 Å². The molecule has 0 aliphatic heterocycles. The van der Waals surface area contributed by atoms with Crippen molar-refractivity contribution in [1.29, 1.82) is 0 Å². The summed E-state index contributed by atoms with van der Waals surface area (Å²) in [6.45, 7) is 5.01. The van der Waals surface area contributed by atoms with Crippen LogP contribution < -0.4 is 15.4 Å². The topological polar surface area (TPSA) is 116 Å². The molecule has 0 spiro atoms. The van der Waals surface area contributed by atoms with E-state index in [9.17, 15) is 17.6 Å². The standard InChI is InChI=1S/C22H25FN6O3S/c1-4-29(5-2)21(30)15-9-8-10-16(13-15)25-22-24-14-17(23)20(27-22)26-18-11-6-7-12-19(18)28-33(3,31)32/h6-14,28H,4-5H2,1-3H3,(H2,24,25,26,27). The van der Waals surface area contributed by atoms with Gasteiger partial charge in [-0.3, -0.25) is 9.52 Å². The number of nitrogens with zero attached hydrogens (tertiary/aromatic N) is 3. The Morgan fingerprint density at radius 2 is 1.73 bits per heavy atom. The van der Waals surface area contributed by atoms with E-state index >= 15 is 0 Å². The normalized spacial score (nSPS) is 11.0. The molecule has 174 valence electrons. The summed E-state index contributed by atoms with van der Waals surface area (Å²) in [5.41, 5.74) is 1.63. The molecule has 1 amide bonds. The number of carbonyl (C=O) groups excluding carboxylic acids is 1. The first-order valence-corrected chi connectivity index (χ1v) is 12.1. The Balaban J connectivity index is 1.84. The van der Waals surface area contributed by atoms with Gasteiger partial charge in [0.05, 0.1) is 23.8 Å². The van der Waals surface area contributed by atoms with Crippen LogP contribution in [0.4, 0.5) is 33.2 Å². The van der Waals surface area contributed by atoms with Gasteiger partial charge in [0.1, 0.15) is 0 Å². The molecule has 0 atom stereocenters. The number of benzene rings is 2. The second kappa shape index (κ2) is 10.3. The van der Waals surface area contributed by atoms with Crippen LogP contribution in [0, 0.1) is 5.82 Å². The van der Waals surface area contributed by atoms with Crippen molar-refractivity contribution in [3.8, 4) is 0 Å². The average Bonchev–Trinajstić information content (AvgIpc) is 2.77. The molecule has 3 N–H and O–H groups in total. The van der Waals surface area contributed by atoms with Gasteiger partial charge in [-0.2, -0.15) is 4.98 Å². The molecule has 0 bridgehead atoms. The lowest BCUT2D eigenvalue weighted by Crippen LogP contribution is -2.30. The fourth-order valence-corrected chi connectivity index (χ4v) is 3.65. The lowest BCUT2D eigenvalue weighted by atomic mass is 10.1. The zero-order chi connectivity index (χ0) is 24.0. The first-order valence-electron chi connectivity index (χ1n) is 10.2. The summed E-state index contributed by atoms with van der Waals surface area (Å²) in [6, 6.07) is 13.3. The Kier molecular flexibility index (Phi) is 7.44. The highest BCUT2D eigenvalue weighted by Gasteiger charge is 2.14. The minimum Gasteiger partial charge on any atom is -0.339 e. The van der Waals surface area contributed by atoms with Crippen LogP contribution in [-0.4, -0.2) is 48.5 Å². The van der Waals surface area contributed by atoms with E-state index < -0.39 is 15.8 Å². The number of sulfonamides is 1. The predicted octanol–water partition coefficient (Wildman–Crippen LogP) is 3.96. The van der Waals surface area contributed by atoms with Gasteiger partial charge in [-0.1, -0.05) is 18.2 Å². The highest BCUT2D eigenvalue weighted by Crippen LogP contribution is 2.27. The molecule has 1 heterocycles. The van der Waals surface area contributed by atoms with Gasteiger partial charge in [-0.05, 0) is 44.2 Å². The van der Waals surface area contributed by atoms with E-state index in [-0.39, 0.29) is 23.4 Å². The molecule has 0 aliphatic carbocycles. The molecule has 0 fully saturated rings. The minimum absolute atomic E-state index is 0.0963. The van der Waals surface area contributed by atoms with Crippen molar-refractivity contribution in [2.24, 2.45) is 0 Å². The number of anilines is 5. The number of nitrogens with one attached hydrogen (secondary N) is 3. The smallest absolute Gasteiger partial charge is 0.253 e. The van der Waals surface area contributed by atoms with E-state index in [1.807, 2.05) is 13.8 Å². The number of hydrogen-bond acceptors (Lipinski definition) is 7. The fraction of sp³-hybridized carbons (Fsp3) is 0.227. The van der Waals surface area contributed by atoms with Gasteiger partial charge in [0.25, 0.3) is 5.91 Å². The maximum absolute atomic E-state index is 14.4. The summed E-state index contributed by atoms with van der Waals surface area (Å²) in [5.74, 6) is -0.869. The second-order valence-electron chi connectivity index (χ2n) is 7.12. The summed E-state index contributed by atoms with van der Waals surface area (Å²) >= 11 is 0. The van der Waals surface area contributed by atoms with Gasteiger partial charge in [-0.25, -0.2) is 17.8 Å². The minimum atomic E-state index is -3.53. The van der Waals surface area contributed by atoms with Crippen molar-refractivity contribution in [3.05, 3.63) is 66.1 Å². The van der Waals surface area contributed by atoms with Gasteiger partial charge in [0.2, 0.25) is 16.0 Å². The number of carbonyl (C=O) groups is 1. The Morgan fingerprint density at radius 1 is 1.03 bits per heavy atom. The van der Waals surface area contributed by atoms with Gasteiger partial charge >= 0.3 is 0 Å². The van der Waals surface area contributed by atoms with Crippen molar-refractivity contribution in [1.82, 2.24) is 14.9 Å². The molecule has 0 unspecified atom stereocenters. The lowest BCUT2D eigenvalue weighted by molar-refractivity contribution is 0.0773. The lowest BCUT2D eigenvalue weighted by Gasteiger charge is -2.19. The van der Waals surface area contributed by atoms with Crippen LogP contribution in [-0.2, 0) is 10.0 Å². The zero-order valence-electron chi connectivity index (χ0n) is 18.5.